The molecule has 0 aromatic heterocycles. The second kappa shape index (κ2) is 12.0. The van der Waals surface area contributed by atoms with Gasteiger partial charge in [0.25, 0.3) is 5.91 Å². The summed E-state index contributed by atoms with van der Waals surface area (Å²) < 4.78 is 118. The van der Waals surface area contributed by atoms with Crippen LogP contribution in [0.15, 0.2) is 36.4 Å². The summed E-state index contributed by atoms with van der Waals surface area (Å²) in [6.45, 7) is 0. The number of nitrogens with one attached hydrogen (secondary N) is 2. The van der Waals surface area contributed by atoms with Crippen molar-refractivity contribution in [1.82, 2.24) is 10.9 Å². The van der Waals surface area contributed by atoms with Crippen LogP contribution < -0.4 is 10.9 Å². The van der Waals surface area contributed by atoms with Gasteiger partial charge >= 0.3 is 18.5 Å². The summed E-state index contributed by atoms with van der Waals surface area (Å²) in [5, 5.41) is -0.753. The predicted molar refractivity (Wildman–Crippen MR) is 122 cm³/mol. The zero-order valence-corrected chi connectivity index (χ0v) is 20.7. The zero-order valence-electron chi connectivity index (χ0n) is 18.4. The van der Waals surface area contributed by atoms with E-state index in [1.807, 2.05) is 0 Å². The number of allylic oxidation sites excluding steroid dienone is 1. The molecule has 0 aliphatic heterocycles. The maximum atomic E-state index is 13.7. The molecular weight excluding hydrogens is 602 g/mol. The number of hydrazine groups is 1. The maximum absolute atomic E-state index is 13.7. The molecule has 0 aliphatic carbocycles. The van der Waals surface area contributed by atoms with Crippen LogP contribution in [0.5, 0.6) is 0 Å². The molecule has 1 unspecified atom stereocenters. The Hall–Kier alpha value is -2.64. The number of carbonyl (C=O) groups excluding carboxylic acids is 2. The van der Waals surface area contributed by atoms with Crippen molar-refractivity contribution in [3.63, 3.8) is 0 Å². The molecule has 208 valence electrons. The van der Waals surface area contributed by atoms with E-state index in [9.17, 15) is 49.1 Å². The molecule has 1 atom stereocenters. The molecule has 0 spiro atoms. The minimum Gasteiger partial charge on any atom is -0.273 e. The highest BCUT2D eigenvalue weighted by Crippen LogP contribution is 2.41. The fraction of sp³-hybridized carbons (Fsp3) is 0.273. The first-order valence-electron chi connectivity index (χ1n) is 10.1. The van der Waals surface area contributed by atoms with Gasteiger partial charge in [-0.3, -0.25) is 20.4 Å². The van der Waals surface area contributed by atoms with Crippen molar-refractivity contribution in [2.75, 3.05) is 0 Å². The van der Waals surface area contributed by atoms with Gasteiger partial charge < -0.3 is 0 Å². The minimum absolute atomic E-state index is 0.192. The van der Waals surface area contributed by atoms with Gasteiger partial charge in [-0.25, -0.2) is 0 Å². The summed E-state index contributed by atoms with van der Waals surface area (Å²) in [6, 6.07) is 3.69. The summed E-state index contributed by atoms with van der Waals surface area (Å²) in [5.41, 5.74) is -0.332. The third-order valence-electron chi connectivity index (χ3n) is 4.74. The van der Waals surface area contributed by atoms with Crippen molar-refractivity contribution in [3.8, 4) is 0 Å². The van der Waals surface area contributed by atoms with E-state index in [4.69, 9.17) is 34.8 Å². The standard InChI is InChI=1S/C22H14Cl3F9N2O2/c23-15-8-11(9-16(24)18(15)25)13(21(29,30)31)4-2-10-1-3-12(14(7-10)22(32,33)34)19(38)36-35-17(37)5-6-20(26,27)28/h1-4,7-9,13H,5-6H2,(H,35,37)(H,36,38). The van der Waals surface area contributed by atoms with Crippen LogP contribution in [-0.2, 0) is 11.0 Å². The quantitative estimate of drug-likeness (QED) is 0.196. The number of hydrogen-bond donors (Lipinski definition) is 2. The molecule has 0 saturated carbocycles. The Morgan fingerprint density at radius 3 is 1.95 bits per heavy atom. The van der Waals surface area contributed by atoms with Crippen LogP contribution >= 0.6 is 34.8 Å². The monoisotopic (exact) mass is 614 g/mol. The topological polar surface area (TPSA) is 58.2 Å². The van der Waals surface area contributed by atoms with Gasteiger partial charge in [-0.1, -0.05) is 53.0 Å². The molecule has 38 heavy (non-hydrogen) atoms. The van der Waals surface area contributed by atoms with Gasteiger partial charge in [-0.15, -0.1) is 0 Å². The van der Waals surface area contributed by atoms with E-state index in [-0.39, 0.29) is 20.6 Å². The molecule has 16 heteroatoms. The van der Waals surface area contributed by atoms with E-state index >= 15 is 0 Å². The lowest BCUT2D eigenvalue weighted by Gasteiger charge is -2.19. The van der Waals surface area contributed by atoms with Gasteiger partial charge in [-0.2, -0.15) is 39.5 Å². The first kappa shape index (κ1) is 31.6. The molecule has 2 aromatic carbocycles. The maximum Gasteiger partial charge on any atom is 0.417 e. The molecule has 0 radical (unpaired) electrons. The Kier molecular flexibility index (Phi) is 10.0. The number of alkyl halides is 9. The van der Waals surface area contributed by atoms with Crippen LogP contribution in [0.4, 0.5) is 39.5 Å². The highest BCUT2D eigenvalue weighted by atomic mass is 35.5. The number of halogens is 12. The zero-order chi connectivity index (χ0) is 29.1. The van der Waals surface area contributed by atoms with Crippen molar-refractivity contribution in [1.29, 1.82) is 0 Å². The van der Waals surface area contributed by atoms with Gasteiger partial charge in [0.2, 0.25) is 5.91 Å². The number of benzene rings is 2. The van der Waals surface area contributed by atoms with Crippen molar-refractivity contribution in [2.24, 2.45) is 0 Å². The third-order valence-corrected chi connectivity index (χ3v) is 5.94. The lowest BCUT2D eigenvalue weighted by molar-refractivity contribution is -0.144. The molecule has 0 heterocycles. The van der Waals surface area contributed by atoms with E-state index in [0.717, 1.165) is 24.3 Å². The van der Waals surface area contributed by atoms with Crippen LogP contribution in [0, 0.1) is 0 Å². The Morgan fingerprint density at radius 2 is 1.45 bits per heavy atom. The van der Waals surface area contributed by atoms with E-state index in [1.165, 1.54) is 0 Å². The van der Waals surface area contributed by atoms with Gasteiger partial charge in [0.1, 0.15) is 0 Å². The molecule has 4 nitrogen and oxygen atoms in total. The normalized spacial score (nSPS) is 13.5. The van der Waals surface area contributed by atoms with E-state index in [2.05, 4.69) is 0 Å². The molecule has 0 aliphatic rings. The smallest absolute Gasteiger partial charge is 0.273 e. The Bertz CT molecular complexity index is 1200. The van der Waals surface area contributed by atoms with Crippen LogP contribution in [0.3, 0.4) is 0 Å². The van der Waals surface area contributed by atoms with Gasteiger partial charge in [0.15, 0.2) is 0 Å². The van der Waals surface area contributed by atoms with Gasteiger partial charge in [0, 0.05) is 6.42 Å². The van der Waals surface area contributed by atoms with E-state index in [1.54, 1.807) is 10.9 Å². The van der Waals surface area contributed by atoms with Crippen LogP contribution in [0.2, 0.25) is 15.1 Å². The average Bonchev–Trinajstić information content (AvgIpc) is 2.77. The third kappa shape index (κ3) is 8.98. The molecule has 2 amide bonds. The molecule has 0 bridgehead atoms. The van der Waals surface area contributed by atoms with Crippen molar-refractivity contribution in [2.45, 2.75) is 37.3 Å². The molecule has 0 fully saturated rings. The summed E-state index contributed by atoms with van der Waals surface area (Å²) in [7, 11) is 0. The fourth-order valence-electron chi connectivity index (χ4n) is 2.98. The highest BCUT2D eigenvalue weighted by Gasteiger charge is 2.40. The number of rotatable bonds is 6. The predicted octanol–water partition coefficient (Wildman–Crippen LogP) is 8.13. The van der Waals surface area contributed by atoms with Crippen LogP contribution in [0.25, 0.3) is 6.08 Å². The highest BCUT2D eigenvalue weighted by molar-refractivity contribution is 6.48. The molecule has 2 aromatic rings. The van der Waals surface area contributed by atoms with Crippen molar-refractivity contribution >= 4 is 52.7 Å². The fourth-order valence-corrected chi connectivity index (χ4v) is 3.59. The molecule has 2 rings (SSSR count). The van der Waals surface area contributed by atoms with Gasteiger partial charge in [0.05, 0.1) is 38.5 Å². The van der Waals surface area contributed by atoms with Crippen molar-refractivity contribution < 1.29 is 49.1 Å². The lowest BCUT2D eigenvalue weighted by atomic mass is 9.96. The van der Waals surface area contributed by atoms with Gasteiger partial charge in [-0.05, 0) is 35.4 Å². The summed E-state index contributed by atoms with van der Waals surface area (Å²) in [4.78, 5) is 23.5. The molecular formula is C22H14Cl3F9N2O2. The summed E-state index contributed by atoms with van der Waals surface area (Å²) in [5.74, 6) is -5.18. The van der Waals surface area contributed by atoms with E-state index < -0.39 is 65.8 Å². The van der Waals surface area contributed by atoms with Crippen molar-refractivity contribution in [3.05, 3.63) is 73.7 Å². The number of hydrogen-bond acceptors (Lipinski definition) is 2. The average molecular weight is 616 g/mol. The molecule has 2 N–H and O–H groups in total. The SMILES string of the molecule is O=C(CCC(F)(F)F)NNC(=O)c1ccc(C=CC(c2cc(Cl)c(Cl)c(Cl)c2)C(F)(F)F)cc1C(F)(F)F. The van der Waals surface area contributed by atoms with E-state index in [0.29, 0.717) is 18.2 Å². The summed E-state index contributed by atoms with van der Waals surface area (Å²) >= 11 is 17.3. The van der Waals surface area contributed by atoms with Crippen LogP contribution in [0.1, 0.15) is 45.8 Å². The largest absolute Gasteiger partial charge is 0.417 e. The number of amides is 2. The Balaban J connectivity index is 2.33. The Labute approximate surface area is 223 Å². The second-order valence-corrected chi connectivity index (χ2v) is 8.79. The molecule has 0 saturated heterocycles. The second-order valence-electron chi connectivity index (χ2n) is 7.60. The lowest BCUT2D eigenvalue weighted by Crippen LogP contribution is -2.42. The first-order chi connectivity index (χ1) is 17.3. The first-order valence-corrected chi connectivity index (χ1v) is 11.2. The minimum atomic E-state index is -5.17. The van der Waals surface area contributed by atoms with Crippen LogP contribution in [-0.4, -0.2) is 24.2 Å². The summed E-state index contributed by atoms with van der Waals surface area (Å²) in [6.07, 6.45) is -16.1. The Morgan fingerprint density at radius 1 is 0.868 bits per heavy atom. The number of carbonyl (C=O) groups is 2.